The maximum absolute atomic E-state index is 12.8. The standard InChI is InChI=1S/C65H120NO8P/c1-6-8-10-12-14-16-18-20-22-24-26-27-28-29-30-31-32-33-34-35-36-37-38-40-41-43-45-47-49-51-53-55-57-64(67)71-61-63(62-73-75(69,70)72-60-59-66(3,4)5)74-65(68)58-56-54-52-50-48-46-44-42-39-25-23-21-19-17-15-13-11-9-7-2/h9,11,15,17,21,23,39,42,46,48,63H,6-8,10,12-14,16,18-20,22,24-38,40-41,43-45,47,49-62H2,1-5H3/p+1/b11-9-,17-15-,23-21-,42-39-,48-46-. The highest BCUT2D eigenvalue weighted by molar-refractivity contribution is 7.47. The molecule has 0 heterocycles. The maximum atomic E-state index is 12.8. The van der Waals surface area contributed by atoms with Crippen molar-refractivity contribution >= 4 is 19.8 Å². The highest BCUT2D eigenvalue weighted by atomic mass is 31.2. The number of ether oxygens (including phenoxy) is 2. The summed E-state index contributed by atoms with van der Waals surface area (Å²) in [7, 11) is 1.46. The number of carbonyl (C=O) groups excluding carboxylic acids is 2. The number of hydrogen-bond donors (Lipinski definition) is 1. The first-order valence-electron chi connectivity index (χ1n) is 31.5. The molecule has 0 amide bonds. The van der Waals surface area contributed by atoms with Gasteiger partial charge < -0.3 is 18.9 Å². The van der Waals surface area contributed by atoms with Crippen molar-refractivity contribution in [1.82, 2.24) is 0 Å². The summed E-state index contributed by atoms with van der Waals surface area (Å²) < 4.78 is 34.6. The first-order valence-corrected chi connectivity index (χ1v) is 33.0. The van der Waals surface area contributed by atoms with Crippen LogP contribution in [0, 0.1) is 0 Å². The number of hydrogen-bond acceptors (Lipinski definition) is 7. The predicted octanol–water partition coefficient (Wildman–Crippen LogP) is 19.9. The average molecular weight is 1080 g/mol. The highest BCUT2D eigenvalue weighted by Crippen LogP contribution is 2.43. The van der Waals surface area contributed by atoms with Gasteiger partial charge in [0.15, 0.2) is 6.10 Å². The first kappa shape index (κ1) is 72.7. The Morgan fingerprint density at radius 2 is 0.760 bits per heavy atom. The Morgan fingerprint density at radius 3 is 1.13 bits per heavy atom. The van der Waals surface area contributed by atoms with Gasteiger partial charge >= 0.3 is 19.8 Å². The number of carbonyl (C=O) groups is 2. The predicted molar refractivity (Wildman–Crippen MR) is 321 cm³/mol. The van der Waals surface area contributed by atoms with Gasteiger partial charge in [-0.1, -0.05) is 280 Å². The Morgan fingerprint density at radius 1 is 0.427 bits per heavy atom. The lowest BCUT2D eigenvalue weighted by Gasteiger charge is -2.24. The zero-order valence-electron chi connectivity index (χ0n) is 49.8. The van der Waals surface area contributed by atoms with Gasteiger partial charge in [0, 0.05) is 12.8 Å². The summed E-state index contributed by atoms with van der Waals surface area (Å²) in [5, 5.41) is 0. The molecule has 10 heteroatoms. The number of quaternary nitrogens is 1. The summed E-state index contributed by atoms with van der Waals surface area (Å²) >= 11 is 0. The van der Waals surface area contributed by atoms with E-state index in [1.807, 2.05) is 21.1 Å². The minimum atomic E-state index is -4.40. The Balaban J connectivity index is 4.04. The molecule has 0 aliphatic rings. The van der Waals surface area contributed by atoms with Crippen LogP contribution in [-0.2, 0) is 32.7 Å². The lowest BCUT2D eigenvalue weighted by Crippen LogP contribution is -2.37. The number of phosphoric acid groups is 1. The number of unbranched alkanes of at least 4 members (excludes halogenated alkanes) is 34. The lowest BCUT2D eigenvalue weighted by atomic mass is 10.0. The summed E-state index contributed by atoms with van der Waals surface area (Å²) in [6.07, 6.45) is 73.3. The van der Waals surface area contributed by atoms with Crippen molar-refractivity contribution in [3.05, 3.63) is 60.8 Å². The molecule has 0 saturated carbocycles. The SMILES string of the molecule is CC/C=C\C/C=C\C/C=C\C/C=C\C/C=C\CCCCCC(=O)OC(COC(=O)CCCCCCCCCCCCCCCCCCCCCCCCCCCCCCCCCC)COP(=O)(O)OCC[N+](C)(C)C. The van der Waals surface area contributed by atoms with Crippen LogP contribution in [0.15, 0.2) is 60.8 Å². The largest absolute Gasteiger partial charge is 0.472 e. The molecule has 75 heavy (non-hydrogen) atoms. The number of esters is 2. The number of rotatable bonds is 58. The van der Waals surface area contributed by atoms with Gasteiger partial charge in [0.1, 0.15) is 19.8 Å². The van der Waals surface area contributed by atoms with Crippen LogP contribution in [-0.4, -0.2) is 74.9 Å². The second kappa shape index (κ2) is 56.4. The summed E-state index contributed by atoms with van der Waals surface area (Å²) in [6.45, 7) is 4.31. The highest BCUT2D eigenvalue weighted by Gasteiger charge is 2.27. The summed E-state index contributed by atoms with van der Waals surface area (Å²) in [4.78, 5) is 35.7. The van der Waals surface area contributed by atoms with Gasteiger partial charge in [-0.25, -0.2) is 4.57 Å². The van der Waals surface area contributed by atoms with Gasteiger partial charge in [-0.05, 0) is 57.8 Å². The van der Waals surface area contributed by atoms with Crippen LogP contribution >= 0.6 is 7.82 Å². The average Bonchev–Trinajstić information content (AvgIpc) is 3.37. The van der Waals surface area contributed by atoms with E-state index in [2.05, 4.69) is 74.6 Å². The quantitative estimate of drug-likeness (QED) is 0.0211. The molecular weight excluding hydrogens is 954 g/mol. The van der Waals surface area contributed by atoms with Gasteiger partial charge in [-0.3, -0.25) is 18.6 Å². The second-order valence-corrected chi connectivity index (χ2v) is 23.9. The molecule has 0 saturated heterocycles. The molecule has 0 fully saturated rings. The van der Waals surface area contributed by atoms with Crippen molar-refractivity contribution in [2.24, 2.45) is 0 Å². The third-order valence-corrected chi connectivity index (χ3v) is 14.8. The molecule has 0 aromatic heterocycles. The van der Waals surface area contributed by atoms with Crippen LogP contribution in [0.4, 0.5) is 0 Å². The molecule has 0 rings (SSSR count). The van der Waals surface area contributed by atoms with Crippen LogP contribution < -0.4 is 0 Å². The van der Waals surface area contributed by atoms with Crippen molar-refractivity contribution in [3.8, 4) is 0 Å². The van der Waals surface area contributed by atoms with Gasteiger partial charge in [-0.15, -0.1) is 0 Å². The molecular formula is C65H121NO8P+. The number of nitrogens with zero attached hydrogens (tertiary/aromatic N) is 1. The Hall–Kier alpha value is -2.29. The Labute approximate surface area is 464 Å². The molecule has 438 valence electrons. The Kier molecular flexibility index (Phi) is 54.7. The van der Waals surface area contributed by atoms with Crippen molar-refractivity contribution < 1.29 is 42.1 Å². The van der Waals surface area contributed by atoms with Gasteiger partial charge in [0.2, 0.25) is 0 Å². The zero-order chi connectivity index (χ0) is 54.9. The van der Waals surface area contributed by atoms with Crippen LogP contribution in [0.2, 0.25) is 0 Å². The molecule has 0 spiro atoms. The van der Waals surface area contributed by atoms with E-state index in [0.717, 1.165) is 70.6 Å². The molecule has 0 aromatic rings. The van der Waals surface area contributed by atoms with Crippen LogP contribution in [0.1, 0.15) is 290 Å². The third kappa shape index (κ3) is 60.8. The molecule has 0 aliphatic heterocycles. The molecule has 9 nitrogen and oxygen atoms in total. The lowest BCUT2D eigenvalue weighted by molar-refractivity contribution is -0.870. The first-order chi connectivity index (χ1) is 36.5. The summed E-state index contributed by atoms with van der Waals surface area (Å²) in [6, 6.07) is 0. The maximum Gasteiger partial charge on any atom is 0.472 e. The zero-order valence-corrected chi connectivity index (χ0v) is 50.7. The Bertz CT molecular complexity index is 1450. The van der Waals surface area contributed by atoms with Gasteiger partial charge in [0.25, 0.3) is 0 Å². The van der Waals surface area contributed by atoms with E-state index in [-0.39, 0.29) is 32.0 Å². The fourth-order valence-corrected chi connectivity index (χ4v) is 9.73. The van der Waals surface area contributed by atoms with E-state index in [4.69, 9.17) is 18.5 Å². The van der Waals surface area contributed by atoms with Crippen LogP contribution in [0.5, 0.6) is 0 Å². The molecule has 0 aliphatic carbocycles. The van der Waals surface area contributed by atoms with E-state index in [1.165, 1.54) is 186 Å². The van der Waals surface area contributed by atoms with Crippen molar-refractivity contribution in [2.45, 2.75) is 296 Å². The van der Waals surface area contributed by atoms with E-state index in [1.54, 1.807) is 0 Å². The summed E-state index contributed by atoms with van der Waals surface area (Å²) in [5.41, 5.74) is 0. The number of allylic oxidation sites excluding steroid dienone is 10. The fraction of sp³-hybridized carbons (Fsp3) is 0.815. The normalized spacial score (nSPS) is 13.6. The van der Waals surface area contributed by atoms with E-state index < -0.39 is 26.5 Å². The second-order valence-electron chi connectivity index (χ2n) is 22.4. The fourth-order valence-electron chi connectivity index (χ4n) is 8.99. The molecule has 1 N–H and O–H groups in total. The molecule has 0 radical (unpaired) electrons. The molecule has 0 aromatic carbocycles. The molecule has 2 unspecified atom stereocenters. The number of phosphoric ester groups is 1. The monoisotopic (exact) mass is 1070 g/mol. The van der Waals surface area contributed by atoms with Crippen molar-refractivity contribution in [3.63, 3.8) is 0 Å². The van der Waals surface area contributed by atoms with E-state index >= 15 is 0 Å². The minimum absolute atomic E-state index is 0.0239. The third-order valence-electron chi connectivity index (χ3n) is 13.8. The minimum Gasteiger partial charge on any atom is -0.462 e. The smallest absolute Gasteiger partial charge is 0.462 e. The van der Waals surface area contributed by atoms with Crippen LogP contribution in [0.3, 0.4) is 0 Å². The van der Waals surface area contributed by atoms with Crippen molar-refractivity contribution in [2.75, 3.05) is 47.5 Å². The molecule has 0 bridgehead atoms. The topological polar surface area (TPSA) is 108 Å². The summed E-state index contributed by atoms with van der Waals surface area (Å²) in [5.74, 6) is -0.826. The van der Waals surface area contributed by atoms with E-state index in [0.29, 0.717) is 17.4 Å². The van der Waals surface area contributed by atoms with E-state index in [9.17, 15) is 19.0 Å². The molecule has 2 atom stereocenters. The number of likely N-dealkylation sites (N-methyl/N-ethyl adjacent to an activating group) is 1. The van der Waals surface area contributed by atoms with Gasteiger partial charge in [-0.2, -0.15) is 0 Å². The van der Waals surface area contributed by atoms with Crippen molar-refractivity contribution in [1.29, 1.82) is 0 Å². The van der Waals surface area contributed by atoms with Gasteiger partial charge in [0.05, 0.1) is 27.7 Å². The van der Waals surface area contributed by atoms with Crippen LogP contribution in [0.25, 0.3) is 0 Å².